The molecule has 2 aliphatic carbocycles. The number of benzene rings is 2. The second-order valence-corrected chi connectivity index (χ2v) is 11.8. The zero-order valence-corrected chi connectivity index (χ0v) is 25.2. The maximum atomic E-state index is 6.13. The van der Waals surface area contributed by atoms with Crippen LogP contribution in [0.4, 0.5) is 17.2 Å². The van der Waals surface area contributed by atoms with Crippen molar-refractivity contribution >= 4 is 52.0 Å². The number of aryl methyl sites for hydroxylation is 4. The van der Waals surface area contributed by atoms with Crippen LogP contribution in [0.2, 0.25) is 15.7 Å². The largest absolute Gasteiger partial charge is 0.385 e. The summed E-state index contributed by atoms with van der Waals surface area (Å²) in [5.41, 5.74) is 10.0. The number of hydrogen-bond acceptors (Lipinski definition) is 6. The monoisotopic (exact) mass is 606 g/mol. The first-order valence-electron chi connectivity index (χ1n) is 14.5. The summed E-state index contributed by atoms with van der Waals surface area (Å²) in [4.78, 5) is 19.2. The number of nitrogens with zero attached hydrogens (tertiary/aromatic N) is 5. The molecule has 0 saturated carbocycles. The van der Waals surface area contributed by atoms with Crippen molar-refractivity contribution in [2.45, 2.75) is 64.2 Å². The Hall–Kier alpha value is -2.93. The Morgan fingerprint density at radius 2 is 1.27 bits per heavy atom. The average Bonchev–Trinajstić information content (AvgIpc) is 3.67. The lowest BCUT2D eigenvalue weighted by molar-refractivity contribution is 0.754. The van der Waals surface area contributed by atoms with E-state index >= 15 is 0 Å². The summed E-state index contributed by atoms with van der Waals surface area (Å²) >= 11 is 17.6. The van der Waals surface area contributed by atoms with Crippen LogP contribution in [0.15, 0.2) is 48.5 Å². The van der Waals surface area contributed by atoms with Gasteiger partial charge in [0.05, 0.1) is 11.4 Å². The molecule has 4 aliphatic rings. The van der Waals surface area contributed by atoms with E-state index in [0.717, 1.165) is 87.2 Å². The van der Waals surface area contributed by atoms with Crippen molar-refractivity contribution in [3.05, 3.63) is 97.9 Å². The Morgan fingerprint density at radius 3 is 2.07 bits per heavy atom. The van der Waals surface area contributed by atoms with Gasteiger partial charge in [-0.25, -0.2) is 15.0 Å². The molecule has 6 nitrogen and oxygen atoms in total. The fraction of sp³-hybridized carbons (Fsp3) is 0.375. The first-order chi connectivity index (χ1) is 20.1. The molecule has 0 amide bonds. The minimum Gasteiger partial charge on any atom is -0.385 e. The molecule has 2 aromatic carbocycles. The van der Waals surface area contributed by atoms with E-state index < -0.39 is 0 Å². The average molecular weight is 608 g/mol. The Morgan fingerprint density at radius 1 is 0.610 bits per heavy atom. The van der Waals surface area contributed by atoms with Gasteiger partial charge in [0.15, 0.2) is 0 Å². The van der Waals surface area contributed by atoms with Gasteiger partial charge in [0, 0.05) is 35.6 Å². The van der Waals surface area contributed by atoms with Crippen molar-refractivity contribution in [1.82, 2.24) is 19.9 Å². The molecule has 0 spiro atoms. The summed E-state index contributed by atoms with van der Waals surface area (Å²) in [7, 11) is 0. The van der Waals surface area contributed by atoms with Crippen molar-refractivity contribution in [2.24, 2.45) is 0 Å². The van der Waals surface area contributed by atoms with Crippen LogP contribution in [-0.4, -0.2) is 33.0 Å². The second-order valence-electron chi connectivity index (χ2n) is 10.7. The summed E-state index contributed by atoms with van der Waals surface area (Å²) < 4.78 is 0. The summed E-state index contributed by atoms with van der Waals surface area (Å²) in [6.07, 6.45) is 11.2. The fourth-order valence-electron chi connectivity index (χ4n) is 6.13. The van der Waals surface area contributed by atoms with E-state index in [1.54, 1.807) is 0 Å². The molecule has 4 heterocycles. The highest BCUT2D eigenvalue weighted by atomic mass is 35.5. The molecule has 0 atom stereocenters. The zero-order chi connectivity index (χ0) is 28.2. The first kappa shape index (κ1) is 28.2. The van der Waals surface area contributed by atoms with Crippen LogP contribution in [0, 0.1) is 0 Å². The van der Waals surface area contributed by atoms with E-state index in [4.69, 9.17) is 34.8 Å². The van der Waals surface area contributed by atoms with E-state index in [9.17, 15) is 0 Å². The van der Waals surface area contributed by atoms with Crippen LogP contribution in [0.5, 0.6) is 0 Å². The molecule has 9 heteroatoms. The molecule has 2 aromatic heterocycles. The van der Waals surface area contributed by atoms with Crippen LogP contribution >= 0.6 is 34.8 Å². The van der Waals surface area contributed by atoms with Gasteiger partial charge in [0.25, 0.3) is 0 Å². The standard InChI is InChI=1S/C16H16ClN3.C9H11N.C7H6Cl2N2/c17-16-18-13-8-3-7-12(13)15(19-16)20-10-4-6-11-5-1-2-9-14(11)20;1-2-6-9-8(4-1)5-3-7-10-9;8-6-4-2-1-3-5(4)10-7(9)11-6/h1-2,5,9H,3-4,6-8,10H2;1-2,4,6,10H,3,5,7H2;1-3H2. The fourth-order valence-corrected chi connectivity index (χ4v) is 6.83. The van der Waals surface area contributed by atoms with Gasteiger partial charge in [-0.2, -0.15) is 4.98 Å². The van der Waals surface area contributed by atoms with Gasteiger partial charge in [0.2, 0.25) is 10.6 Å². The number of hydrogen-bond donors (Lipinski definition) is 1. The van der Waals surface area contributed by atoms with E-state index in [1.165, 1.54) is 40.9 Å². The topological polar surface area (TPSA) is 66.8 Å². The second kappa shape index (κ2) is 12.9. The lowest BCUT2D eigenvalue weighted by Gasteiger charge is -2.31. The lowest BCUT2D eigenvalue weighted by atomic mass is 10.0. The van der Waals surface area contributed by atoms with Gasteiger partial charge in [-0.15, -0.1) is 0 Å². The zero-order valence-electron chi connectivity index (χ0n) is 23.0. The highest BCUT2D eigenvalue weighted by Gasteiger charge is 2.26. The van der Waals surface area contributed by atoms with E-state index in [2.05, 4.69) is 78.7 Å². The smallest absolute Gasteiger partial charge is 0.224 e. The first-order valence-corrected chi connectivity index (χ1v) is 15.6. The Balaban J connectivity index is 0.000000122. The third-order valence-electron chi connectivity index (χ3n) is 8.06. The van der Waals surface area contributed by atoms with Crippen LogP contribution in [0.3, 0.4) is 0 Å². The molecule has 41 heavy (non-hydrogen) atoms. The number of fused-ring (bicyclic) bond motifs is 4. The molecule has 0 radical (unpaired) electrons. The molecule has 4 aromatic rings. The van der Waals surface area contributed by atoms with Crippen LogP contribution in [-0.2, 0) is 38.5 Å². The number of nitrogens with one attached hydrogen (secondary N) is 1. The van der Waals surface area contributed by atoms with E-state index in [-0.39, 0.29) is 5.28 Å². The number of halogens is 3. The normalized spacial score (nSPS) is 16.1. The summed E-state index contributed by atoms with van der Waals surface area (Å²) in [5, 5.41) is 4.53. The maximum absolute atomic E-state index is 6.13. The maximum Gasteiger partial charge on any atom is 0.224 e. The number of rotatable bonds is 1. The van der Waals surface area contributed by atoms with Gasteiger partial charge >= 0.3 is 0 Å². The van der Waals surface area contributed by atoms with E-state index in [0.29, 0.717) is 10.4 Å². The van der Waals surface area contributed by atoms with Crippen molar-refractivity contribution < 1.29 is 0 Å². The minimum absolute atomic E-state index is 0.260. The predicted molar refractivity (Wildman–Crippen MR) is 168 cm³/mol. The Labute approximate surface area is 256 Å². The van der Waals surface area contributed by atoms with Crippen molar-refractivity contribution in [1.29, 1.82) is 0 Å². The number of anilines is 3. The van der Waals surface area contributed by atoms with Crippen LogP contribution in [0.25, 0.3) is 0 Å². The quantitative estimate of drug-likeness (QED) is 0.175. The van der Waals surface area contributed by atoms with Gasteiger partial charge in [-0.1, -0.05) is 48.0 Å². The molecule has 212 valence electrons. The molecule has 1 N–H and O–H groups in total. The molecule has 0 bridgehead atoms. The van der Waals surface area contributed by atoms with E-state index in [1.807, 2.05) is 0 Å². The van der Waals surface area contributed by atoms with Crippen molar-refractivity contribution in [3.63, 3.8) is 0 Å². The van der Waals surface area contributed by atoms with Gasteiger partial charge in [-0.3, -0.25) is 0 Å². The van der Waals surface area contributed by atoms with Crippen LogP contribution in [0.1, 0.15) is 59.3 Å². The molecule has 0 fully saturated rings. The van der Waals surface area contributed by atoms with Gasteiger partial charge < -0.3 is 10.2 Å². The minimum atomic E-state index is 0.260. The molecular weight excluding hydrogens is 575 g/mol. The summed E-state index contributed by atoms with van der Waals surface area (Å²) in [5.74, 6) is 1.03. The number of para-hydroxylation sites is 2. The predicted octanol–water partition coefficient (Wildman–Crippen LogP) is 8.02. The molecular formula is C32H33Cl3N6. The summed E-state index contributed by atoms with van der Waals surface area (Å²) in [6, 6.07) is 17.1. The molecule has 8 rings (SSSR count). The SMILES string of the molecule is Clc1nc(Cl)c2c(n1)CCC2.Clc1nc2c(c(N3CCCc4ccccc43)n1)CCC2.c1ccc2c(c1)CCCN2. The third-order valence-corrected chi connectivity index (χ3v) is 8.71. The molecule has 0 saturated heterocycles. The third kappa shape index (κ3) is 6.45. The van der Waals surface area contributed by atoms with Gasteiger partial charge in [0.1, 0.15) is 11.0 Å². The van der Waals surface area contributed by atoms with Crippen LogP contribution < -0.4 is 10.2 Å². The highest BCUT2D eigenvalue weighted by Crippen LogP contribution is 2.37. The summed E-state index contributed by atoms with van der Waals surface area (Å²) in [6.45, 7) is 2.15. The number of aromatic nitrogens is 4. The Bertz CT molecular complexity index is 1520. The Kier molecular flexibility index (Phi) is 8.90. The van der Waals surface area contributed by atoms with Crippen molar-refractivity contribution in [3.8, 4) is 0 Å². The molecule has 2 aliphatic heterocycles. The lowest BCUT2D eigenvalue weighted by Crippen LogP contribution is -2.26. The van der Waals surface area contributed by atoms with Gasteiger partial charge in [-0.05, 0) is 111 Å². The van der Waals surface area contributed by atoms with Crippen molar-refractivity contribution in [2.75, 3.05) is 23.3 Å². The highest BCUT2D eigenvalue weighted by molar-refractivity contribution is 6.32. The molecule has 0 unspecified atom stereocenters.